The summed E-state index contributed by atoms with van der Waals surface area (Å²) in [6.45, 7) is 1.63. The molecule has 1 N–H and O–H groups in total. The maximum absolute atomic E-state index is 9.50. The Kier molecular flexibility index (Phi) is 3.45. The second-order valence-corrected chi connectivity index (χ2v) is 5.08. The van der Waals surface area contributed by atoms with Gasteiger partial charge in [-0.15, -0.1) is 0 Å². The van der Waals surface area contributed by atoms with Gasteiger partial charge in [0.05, 0.1) is 0 Å². The van der Waals surface area contributed by atoms with Gasteiger partial charge in [0.1, 0.15) is 0 Å². The fourth-order valence-corrected chi connectivity index (χ4v) is 3.09. The molecule has 0 aromatic carbocycles. The van der Waals surface area contributed by atoms with Crippen LogP contribution in [-0.2, 0) is 0 Å². The van der Waals surface area contributed by atoms with Crippen LogP contribution >= 0.6 is 0 Å². The third kappa shape index (κ3) is 1.96. The van der Waals surface area contributed by atoms with Gasteiger partial charge in [-0.05, 0) is 32.4 Å². The van der Waals surface area contributed by atoms with Crippen molar-refractivity contribution in [1.82, 2.24) is 4.90 Å². The number of piperidine rings is 1. The Bertz CT molecular complexity index is 177. The first kappa shape index (κ1) is 10.4. The SMILES string of the molecule is CN1CCCCC1C(CO)C1CCC1. The minimum Gasteiger partial charge on any atom is -0.396 e. The Morgan fingerprint density at radius 2 is 2.00 bits per heavy atom. The smallest absolute Gasteiger partial charge is 0.0476 e. The lowest BCUT2D eigenvalue weighted by atomic mass is 9.71. The molecule has 1 saturated carbocycles. The van der Waals surface area contributed by atoms with Gasteiger partial charge < -0.3 is 10.0 Å². The molecule has 0 spiro atoms. The molecule has 1 aliphatic heterocycles. The van der Waals surface area contributed by atoms with Crippen molar-refractivity contribution in [3.8, 4) is 0 Å². The monoisotopic (exact) mass is 197 g/mol. The summed E-state index contributed by atoms with van der Waals surface area (Å²) in [5, 5.41) is 9.50. The average molecular weight is 197 g/mol. The highest BCUT2D eigenvalue weighted by molar-refractivity contribution is 4.88. The van der Waals surface area contributed by atoms with Crippen LogP contribution in [0.3, 0.4) is 0 Å². The van der Waals surface area contributed by atoms with E-state index in [1.165, 1.54) is 45.1 Å². The Morgan fingerprint density at radius 3 is 2.50 bits per heavy atom. The Hall–Kier alpha value is -0.0800. The van der Waals surface area contributed by atoms with Crippen molar-refractivity contribution >= 4 is 0 Å². The molecule has 82 valence electrons. The van der Waals surface area contributed by atoms with Crippen LogP contribution in [-0.4, -0.2) is 36.2 Å². The zero-order valence-corrected chi connectivity index (χ0v) is 9.28. The molecule has 2 aliphatic rings. The third-order valence-electron chi connectivity index (χ3n) is 4.29. The van der Waals surface area contributed by atoms with Crippen LogP contribution in [0.15, 0.2) is 0 Å². The highest BCUT2D eigenvalue weighted by atomic mass is 16.3. The number of rotatable bonds is 3. The maximum Gasteiger partial charge on any atom is 0.0476 e. The molecule has 14 heavy (non-hydrogen) atoms. The summed E-state index contributed by atoms with van der Waals surface area (Å²) in [6.07, 6.45) is 8.11. The van der Waals surface area contributed by atoms with Gasteiger partial charge >= 0.3 is 0 Å². The minimum atomic E-state index is 0.402. The first-order valence-corrected chi connectivity index (χ1v) is 6.14. The van der Waals surface area contributed by atoms with E-state index in [4.69, 9.17) is 0 Å². The normalized spacial score (nSPS) is 32.6. The van der Waals surface area contributed by atoms with Gasteiger partial charge in [0.25, 0.3) is 0 Å². The molecule has 1 aliphatic carbocycles. The quantitative estimate of drug-likeness (QED) is 0.746. The van der Waals surface area contributed by atoms with E-state index in [0.29, 0.717) is 18.6 Å². The van der Waals surface area contributed by atoms with Gasteiger partial charge in [0, 0.05) is 18.6 Å². The number of hydrogen-bond acceptors (Lipinski definition) is 2. The zero-order valence-electron chi connectivity index (χ0n) is 9.28. The number of likely N-dealkylation sites (tertiary alicyclic amines) is 1. The van der Waals surface area contributed by atoms with Gasteiger partial charge in [-0.25, -0.2) is 0 Å². The highest BCUT2D eigenvalue weighted by Crippen LogP contribution is 2.38. The molecule has 0 radical (unpaired) electrons. The lowest BCUT2D eigenvalue weighted by molar-refractivity contribution is 0.0269. The van der Waals surface area contributed by atoms with Crippen LogP contribution in [0.2, 0.25) is 0 Å². The van der Waals surface area contributed by atoms with E-state index in [-0.39, 0.29) is 0 Å². The molecule has 2 nitrogen and oxygen atoms in total. The first-order valence-electron chi connectivity index (χ1n) is 6.14. The van der Waals surface area contributed by atoms with Gasteiger partial charge in [-0.3, -0.25) is 0 Å². The fraction of sp³-hybridized carbons (Fsp3) is 1.00. The van der Waals surface area contributed by atoms with Crippen LogP contribution in [0, 0.1) is 11.8 Å². The van der Waals surface area contributed by atoms with Crippen molar-refractivity contribution in [3.63, 3.8) is 0 Å². The topological polar surface area (TPSA) is 23.5 Å². The lowest BCUT2D eigenvalue weighted by Gasteiger charge is -2.43. The van der Waals surface area contributed by atoms with Crippen molar-refractivity contribution in [2.24, 2.45) is 11.8 Å². The van der Waals surface area contributed by atoms with E-state index in [1.54, 1.807) is 0 Å². The predicted octanol–water partition coefficient (Wildman–Crippen LogP) is 1.88. The van der Waals surface area contributed by atoms with Crippen molar-refractivity contribution in [3.05, 3.63) is 0 Å². The van der Waals surface area contributed by atoms with Crippen molar-refractivity contribution < 1.29 is 5.11 Å². The minimum absolute atomic E-state index is 0.402. The largest absolute Gasteiger partial charge is 0.396 e. The molecule has 2 rings (SSSR count). The van der Waals surface area contributed by atoms with E-state index in [0.717, 1.165) is 5.92 Å². The Balaban J connectivity index is 1.94. The predicted molar refractivity (Wildman–Crippen MR) is 58.2 cm³/mol. The van der Waals surface area contributed by atoms with E-state index in [2.05, 4.69) is 11.9 Å². The first-order chi connectivity index (χ1) is 6.83. The second kappa shape index (κ2) is 4.63. The molecular weight excluding hydrogens is 174 g/mol. The molecule has 0 aromatic heterocycles. The summed E-state index contributed by atoms with van der Waals surface area (Å²) in [5.74, 6) is 1.39. The van der Waals surface area contributed by atoms with E-state index >= 15 is 0 Å². The molecule has 2 heteroatoms. The van der Waals surface area contributed by atoms with Crippen molar-refractivity contribution in [1.29, 1.82) is 0 Å². The standard InChI is InChI=1S/C12H23NO/c1-13-8-3-2-7-12(13)11(9-14)10-5-4-6-10/h10-12,14H,2-9H2,1H3. The van der Waals surface area contributed by atoms with E-state index in [1.807, 2.05) is 0 Å². The summed E-state index contributed by atoms with van der Waals surface area (Å²) in [4.78, 5) is 2.47. The molecule has 0 amide bonds. The molecule has 2 fully saturated rings. The zero-order chi connectivity index (χ0) is 9.97. The molecule has 1 heterocycles. The number of aliphatic hydroxyl groups is 1. The summed E-state index contributed by atoms with van der Waals surface area (Å²) in [7, 11) is 2.23. The second-order valence-electron chi connectivity index (χ2n) is 5.08. The van der Waals surface area contributed by atoms with Crippen LogP contribution in [0.25, 0.3) is 0 Å². The Morgan fingerprint density at radius 1 is 1.21 bits per heavy atom. The van der Waals surface area contributed by atoms with Crippen molar-refractivity contribution in [2.45, 2.75) is 44.6 Å². The van der Waals surface area contributed by atoms with Gasteiger partial charge in [0.2, 0.25) is 0 Å². The maximum atomic E-state index is 9.50. The number of nitrogens with zero attached hydrogens (tertiary/aromatic N) is 1. The summed E-state index contributed by atoms with van der Waals surface area (Å²) in [5.41, 5.74) is 0. The van der Waals surface area contributed by atoms with Crippen LogP contribution in [0.5, 0.6) is 0 Å². The molecule has 2 atom stereocenters. The van der Waals surface area contributed by atoms with Gasteiger partial charge in [0.15, 0.2) is 0 Å². The average Bonchev–Trinajstić information content (AvgIpc) is 2.12. The highest BCUT2D eigenvalue weighted by Gasteiger charge is 2.35. The molecule has 2 unspecified atom stereocenters. The molecule has 1 saturated heterocycles. The van der Waals surface area contributed by atoms with Crippen molar-refractivity contribution in [2.75, 3.05) is 20.2 Å². The Labute approximate surface area is 87.3 Å². The lowest BCUT2D eigenvalue weighted by Crippen LogP contribution is -2.46. The fourth-order valence-electron chi connectivity index (χ4n) is 3.09. The molecule has 0 aromatic rings. The van der Waals surface area contributed by atoms with Crippen LogP contribution in [0.1, 0.15) is 38.5 Å². The van der Waals surface area contributed by atoms with Gasteiger partial charge in [-0.1, -0.05) is 25.7 Å². The molecule has 0 bridgehead atoms. The van der Waals surface area contributed by atoms with Crippen LogP contribution < -0.4 is 0 Å². The van der Waals surface area contributed by atoms with E-state index in [9.17, 15) is 5.11 Å². The number of hydrogen-bond donors (Lipinski definition) is 1. The summed E-state index contributed by atoms with van der Waals surface area (Å²) >= 11 is 0. The van der Waals surface area contributed by atoms with Crippen LogP contribution in [0.4, 0.5) is 0 Å². The molecular formula is C12H23NO. The summed E-state index contributed by atoms with van der Waals surface area (Å²) < 4.78 is 0. The van der Waals surface area contributed by atoms with Gasteiger partial charge in [-0.2, -0.15) is 0 Å². The number of aliphatic hydroxyl groups excluding tert-OH is 1. The van der Waals surface area contributed by atoms with E-state index < -0.39 is 0 Å². The third-order valence-corrected chi connectivity index (χ3v) is 4.29. The summed E-state index contributed by atoms with van der Waals surface area (Å²) in [6, 6.07) is 0.666.